The Balaban J connectivity index is 0.000000228. The zero-order valence-corrected chi connectivity index (χ0v) is 24.4. The Bertz CT molecular complexity index is 1610. The molecule has 0 saturated carbocycles. The third kappa shape index (κ3) is 9.88. The van der Waals surface area contributed by atoms with Crippen molar-refractivity contribution in [2.75, 3.05) is 24.3 Å². The maximum absolute atomic E-state index is 12.6. The summed E-state index contributed by atoms with van der Waals surface area (Å²) in [6.07, 6.45) is 0. The molecular weight excluding hydrogens is 564 g/mol. The van der Waals surface area contributed by atoms with Crippen LogP contribution in [-0.2, 0) is 0 Å². The van der Waals surface area contributed by atoms with Gasteiger partial charge >= 0.3 is 5.97 Å². The fourth-order valence-electron chi connectivity index (χ4n) is 3.69. The van der Waals surface area contributed by atoms with Crippen molar-refractivity contribution in [3.63, 3.8) is 0 Å². The number of ether oxygens (including phenoxy) is 1. The maximum Gasteiger partial charge on any atom is 0.343 e. The Kier molecular flexibility index (Phi) is 12.5. The van der Waals surface area contributed by atoms with Crippen molar-refractivity contribution in [1.82, 2.24) is 0 Å². The van der Waals surface area contributed by atoms with E-state index in [9.17, 15) is 14.4 Å². The van der Waals surface area contributed by atoms with Gasteiger partial charge in [-0.3, -0.25) is 9.59 Å². The summed E-state index contributed by atoms with van der Waals surface area (Å²) >= 11 is 5.16. The number of nitrogens with zero attached hydrogens (tertiary/aromatic N) is 1. The summed E-state index contributed by atoms with van der Waals surface area (Å²) in [4.78, 5) is 36.8. The van der Waals surface area contributed by atoms with Crippen molar-refractivity contribution in [3.8, 4) is 11.5 Å². The quantitative estimate of drug-likeness (QED) is 0.0906. The highest BCUT2D eigenvalue weighted by atomic mass is 35.5. The number of nitrogens with one attached hydrogen (secondary N) is 1. The Morgan fingerprint density at radius 2 is 1.12 bits per heavy atom. The van der Waals surface area contributed by atoms with E-state index < -0.39 is 11.2 Å². The second-order valence-corrected chi connectivity index (χ2v) is 9.20. The first-order valence-corrected chi connectivity index (χ1v) is 13.6. The SMILES string of the molecule is CN(C(=O)c1ccccc1)c1ccccc1OC(=O)c1ccccc1.CNc1ccccc1O.O=C(Cl)c1ccccc1. The third-order valence-corrected chi connectivity index (χ3v) is 6.16. The molecular formula is C35H31ClN2O5. The first-order valence-electron chi connectivity index (χ1n) is 13.2. The van der Waals surface area contributed by atoms with Crippen LogP contribution in [0.25, 0.3) is 0 Å². The number of phenols is 1. The van der Waals surface area contributed by atoms with E-state index in [1.165, 1.54) is 4.90 Å². The molecule has 2 N–H and O–H groups in total. The van der Waals surface area contributed by atoms with Gasteiger partial charge in [-0.05, 0) is 60.1 Å². The highest BCUT2D eigenvalue weighted by Crippen LogP contribution is 2.29. The molecule has 5 rings (SSSR count). The lowest BCUT2D eigenvalue weighted by atomic mass is 10.2. The molecule has 0 aromatic heterocycles. The van der Waals surface area contributed by atoms with Crippen LogP contribution in [0, 0.1) is 0 Å². The molecule has 7 nitrogen and oxygen atoms in total. The van der Waals surface area contributed by atoms with Crippen LogP contribution in [0.4, 0.5) is 11.4 Å². The molecule has 0 aliphatic carbocycles. The van der Waals surface area contributed by atoms with E-state index in [2.05, 4.69) is 5.32 Å². The summed E-state index contributed by atoms with van der Waals surface area (Å²) in [5.41, 5.74) is 2.85. The van der Waals surface area contributed by atoms with Crippen molar-refractivity contribution in [3.05, 3.63) is 156 Å². The minimum Gasteiger partial charge on any atom is -0.506 e. The zero-order valence-electron chi connectivity index (χ0n) is 23.7. The second-order valence-electron chi connectivity index (χ2n) is 8.86. The van der Waals surface area contributed by atoms with Crippen LogP contribution in [0.1, 0.15) is 31.1 Å². The molecule has 43 heavy (non-hydrogen) atoms. The number of carbonyl (C=O) groups excluding carboxylic acids is 3. The van der Waals surface area contributed by atoms with Gasteiger partial charge in [0.2, 0.25) is 0 Å². The zero-order chi connectivity index (χ0) is 31.0. The number of halogens is 1. The molecule has 0 saturated heterocycles. The first kappa shape index (κ1) is 32.1. The summed E-state index contributed by atoms with van der Waals surface area (Å²) in [5, 5.41) is 11.5. The van der Waals surface area contributed by atoms with Crippen molar-refractivity contribution >= 4 is 40.1 Å². The molecule has 218 valence electrons. The van der Waals surface area contributed by atoms with Gasteiger partial charge in [-0.2, -0.15) is 0 Å². The van der Waals surface area contributed by atoms with Crippen molar-refractivity contribution in [2.45, 2.75) is 0 Å². The number of esters is 1. The summed E-state index contributed by atoms with van der Waals surface area (Å²) < 4.78 is 5.51. The highest BCUT2D eigenvalue weighted by molar-refractivity contribution is 6.67. The van der Waals surface area contributed by atoms with Crippen LogP contribution >= 0.6 is 11.6 Å². The molecule has 0 fully saturated rings. The number of aromatic hydroxyl groups is 1. The Morgan fingerprint density at radius 3 is 1.60 bits per heavy atom. The number of rotatable bonds is 6. The standard InChI is InChI=1S/C21H17NO3.C7H5ClO.C7H9NO/c1-22(20(23)16-10-4-2-5-11-16)18-14-8-9-15-19(18)25-21(24)17-12-6-3-7-13-17;8-7(9)6-4-2-1-3-5-6;1-8-6-4-2-3-5-7(6)9/h2-15H,1H3;1-5H;2-5,8-9H,1H3. The normalized spacial score (nSPS) is 9.65. The molecule has 0 atom stereocenters. The van der Waals surface area contributed by atoms with Crippen molar-refractivity contribution in [2.24, 2.45) is 0 Å². The van der Waals surface area contributed by atoms with E-state index in [0.717, 1.165) is 5.69 Å². The average Bonchev–Trinajstić information content (AvgIpc) is 3.06. The van der Waals surface area contributed by atoms with Crippen molar-refractivity contribution in [1.29, 1.82) is 0 Å². The van der Waals surface area contributed by atoms with E-state index in [4.69, 9.17) is 21.4 Å². The van der Waals surface area contributed by atoms with Crippen LogP contribution in [0.3, 0.4) is 0 Å². The van der Waals surface area contributed by atoms with Gasteiger partial charge in [0.15, 0.2) is 5.75 Å². The number of carbonyl (C=O) groups is 3. The highest BCUT2D eigenvalue weighted by Gasteiger charge is 2.19. The van der Waals surface area contributed by atoms with Crippen molar-refractivity contribution < 1.29 is 24.2 Å². The average molecular weight is 595 g/mol. The lowest BCUT2D eigenvalue weighted by Gasteiger charge is -2.20. The Morgan fingerprint density at radius 1 is 0.651 bits per heavy atom. The lowest BCUT2D eigenvalue weighted by molar-refractivity contribution is 0.0733. The van der Waals surface area contributed by atoms with Gasteiger partial charge in [-0.15, -0.1) is 0 Å². The lowest BCUT2D eigenvalue weighted by Crippen LogP contribution is -2.27. The monoisotopic (exact) mass is 594 g/mol. The summed E-state index contributed by atoms with van der Waals surface area (Å²) in [6, 6.07) is 40.5. The fourth-order valence-corrected chi connectivity index (χ4v) is 3.82. The third-order valence-electron chi connectivity index (χ3n) is 5.94. The number of amides is 1. The van der Waals surface area contributed by atoms with E-state index in [-0.39, 0.29) is 5.91 Å². The molecule has 8 heteroatoms. The van der Waals surface area contributed by atoms with Crippen LogP contribution in [-0.4, -0.2) is 36.3 Å². The molecule has 0 spiro atoms. The summed E-state index contributed by atoms with van der Waals surface area (Å²) in [7, 11) is 3.43. The molecule has 5 aromatic rings. The van der Waals surface area contributed by atoms with E-state index in [0.29, 0.717) is 33.9 Å². The van der Waals surface area contributed by atoms with Gasteiger partial charge in [-0.25, -0.2) is 4.79 Å². The topological polar surface area (TPSA) is 95.9 Å². The van der Waals surface area contributed by atoms with Gasteiger partial charge in [0.05, 0.1) is 16.9 Å². The Labute approximate surface area is 256 Å². The summed E-state index contributed by atoms with van der Waals surface area (Å²) in [5.74, 6) is -0.0134. The molecule has 1 amide bonds. The number of hydrogen-bond donors (Lipinski definition) is 2. The predicted molar refractivity (Wildman–Crippen MR) is 171 cm³/mol. The van der Waals surface area contributed by atoms with Gasteiger partial charge in [-0.1, -0.05) is 91.0 Å². The van der Waals surface area contributed by atoms with E-state index in [1.54, 1.807) is 111 Å². The number of phenolic OH excluding ortho intramolecular Hbond substituents is 1. The minimum absolute atomic E-state index is 0.177. The van der Waals surface area contributed by atoms with Gasteiger partial charge in [0.25, 0.3) is 11.1 Å². The first-order chi connectivity index (χ1) is 20.8. The molecule has 5 aromatic carbocycles. The smallest absolute Gasteiger partial charge is 0.343 e. The largest absolute Gasteiger partial charge is 0.506 e. The second kappa shape index (κ2) is 16.8. The Hall–Kier alpha value is -5.40. The molecule has 0 aliphatic rings. The van der Waals surface area contributed by atoms with Gasteiger partial charge < -0.3 is 20.1 Å². The van der Waals surface area contributed by atoms with Crippen LogP contribution in [0.2, 0.25) is 0 Å². The number of anilines is 2. The number of hydrogen-bond acceptors (Lipinski definition) is 6. The molecule has 0 bridgehead atoms. The fraction of sp³-hybridized carbons (Fsp3) is 0.0571. The number of para-hydroxylation sites is 4. The van der Waals surface area contributed by atoms with E-state index >= 15 is 0 Å². The van der Waals surface area contributed by atoms with Crippen LogP contribution < -0.4 is 15.0 Å². The van der Waals surface area contributed by atoms with Gasteiger partial charge in [0, 0.05) is 25.2 Å². The molecule has 0 aliphatic heterocycles. The van der Waals surface area contributed by atoms with Gasteiger partial charge in [0.1, 0.15) is 5.75 Å². The molecule has 0 unspecified atom stereocenters. The van der Waals surface area contributed by atoms with E-state index in [1.807, 2.05) is 42.5 Å². The minimum atomic E-state index is -0.464. The maximum atomic E-state index is 12.6. The number of benzene rings is 5. The molecule has 0 radical (unpaired) electrons. The van der Waals surface area contributed by atoms with Crippen LogP contribution in [0.5, 0.6) is 11.5 Å². The van der Waals surface area contributed by atoms with Crippen LogP contribution in [0.15, 0.2) is 140 Å². The molecule has 0 heterocycles. The predicted octanol–water partition coefficient (Wildman–Crippen LogP) is 7.68. The summed E-state index contributed by atoms with van der Waals surface area (Å²) in [6.45, 7) is 0.